The van der Waals surface area contributed by atoms with E-state index in [1.165, 1.54) is 0 Å². The van der Waals surface area contributed by atoms with E-state index in [4.69, 9.17) is 14.2 Å². The van der Waals surface area contributed by atoms with E-state index in [-0.39, 0.29) is 18.1 Å². The molecule has 9 nitrogen and oxygen atoms in total. The summed E-state index contributed by atoms with van der Waals surface area (Å²) >= 11 is 0. The first-order chi connectivity index (χ1) is 15.6. The van der Waals surface area contributed by atoms with Gasteiger partial charge in [-0.1, -0.05) is 0 Å². The smallest absolute Gasteiger partial charge is 0.269 e. The van der Waals surface area contributed by atoms with E-state index in [1.807, 2.05) is 18.2 Å². The first kappa shape index (κ1) is 21.6. The summed E-state index contributed by atoms with van der Waals surface area (Å²) in [5.74, 6) is 1.75. The zero-order valence-electron chi connectivity index (χ0n) is 18.4. The maximum absolute atomic E-state index is 13.0. The standard InChI is InChI=1S/C23H27N5O4/c1-28-20(13-19(27-28)18-12-17(30-2)8-9-21(18)31-3)23(29)26-15-4-6-16(7-5-15)32-22-14-24-10-11-25-22/h8-16H,4-7H2,1-3H3,(H,26,29). The Hall–Kier alpha value is -3.62. The number of nitrogens with zero attached hydrogens (tertiary/aromatic N) is 4. The van der Waals surface area contributed by atoms with Gasteiger partial charge in [-0.05, 0) is 49.9 Å². The van der Waals surface area contributed by atoms with Crippen molar-refractivity contribution < 1.29 is 19.0 Å². The average Bonchev–Trinajstić information content (AvgIpc) is 3.22. The number of hydrogen-bond acceptors (Lipinski definition) is 7. The Morgan fingerprint density at radius 3 is 2.59 bits per heavy atom. The number of aryl methyl sites for hydroxylation is 1. The molecule has 1 aliphatic rings. The largest absolute Gasteiger partial charge is 0.497 e. The highest BCUT2D eigenvalue weighted by Gasteiger charge is 2.26. The topological polar surface area (TPSA) is 100 Å². The summed E-state index contributed by atoms with van der Waals surface area (Å²) in [7, 11) is 4.97. The molecule has 2 heterocycles. The molecule has 3 aromatic rings. The third kappa shape index (κ3) is 4.82. The lowest BCUT2D eigenvalue weighted by Gasteiger charge is -2.29. The fourth-order valence-electron chi connectivity index (χ4n) is 3.93. The van der Waals surface area contributed by atoms with E-state index in [2.05, 4.69) is 20.4 Å². The van der Waals surface area contributed by atoms with Crippen LogP contribution < -0.4 is 19.5 Å². The van der Waals surface area contributed by atoms with Gasteiger partial charge in [-0.15, -0.1) is 0 Å². The molecule has 1 amide bonds. The fourth-order valence-corrected chi connectivity index (χ4v) is 3.93. The second-order valence-electron chi connectivity index (χ2n) is 7.71. The van der Waals surface area contributed by atoms with E-state index < -0.39 is 0 Å². The van der Waals surface area contributed by atoms with E-state index in [1.54, 1.807) is 50.6 Å². The number of amides is 1. The van der Waals surface area contributed by atoms with Crippen LogP contribution in [0, 0.1) is 0 Å². The van der Waals surface area contributed by atoms with Crippen molar-refractivity contribution in [1.29, 1.82) is 0 Å². The number of nitrogens with one attached hydrogen (secondary N) is 1. The van der Waals surface area contributed by atoms with Crippen molar-refractivity contribution in [3.63, 3.8) is 0 Å². The summed E-state index contributed by atoms with van der Waals surface area (Å²) in [4.78, 5) is 21.1. The highest BCUT2D eigenvalue weighted by Crippen LogP contribution is 2.33. The quantitative estimate of drug-likeness (QED) is 0.606. The second-order valence-corrected chi connectivity index (χ2v) is 7.71. The molecule has 1 saturated carbocycles. The summed E-state index contributed by atoms with van der Waals surface area (Å²) in [6, 6.07) is 7.36. The lowest BCUT2D eigenvalue weighted by atomic mass is 9.93. The van der Waals surface area contributed by atoms with Crippen LogP contribution in [-0.4, -0.2) is 52.0 Å². The van der Waals surface area contributed by atoms with Gasteiger partial charge < -0.3 is 19.5 Å². The number of carbonyl (C=O) groups is 1. The third-order valence-electron chi connectivity index (χ3n) is 5.63. The van der Waals surface area contributed by atoms with Crippen LogP contribution in [0.5, 0.6) is 17.4 Å². The number of carbonyl (C=O) groups excluding carboxylic acids is 1. The van der Waals surface area contributed by atoms with Gasteiger partial charge in [-0.3, -0.25) is 14.5 Å². The van der Waals surface area contributed by atoms with Crippen molar-refractivity contribution in [2.24, 2.45) is 7.05 Å². The minimum atomic E-state index is -0.147. The van der Waals surface area contributed by atoms with Gasteiger partial charge in [0.2, 0.25) is 5.88 Å². The molecule has 0 radical (unpaired) electrons. The first-order valence-electron chi connectivity index (χ1n) is 10.6. The van der Waals surface area contributed by atoms with E-state index in [0.717, 1.165) is 31.2 Å². The van der Waals surface area contributed by atoms with Crippen molar-refractivity contribution in [2.75, 3.05) is 14.2 Å². The number of aromatic nitrogens is 4. The minimum absolute atomic E-state index is 0.0867. The Morgan fingerprint density at radius 1 is 1.09 bits per heavy atom. The van der Waals surface area contributed by atoms with Gasteiger partial charge in [-0.25, -0.2) is 4.98 Å². The number of methoxy groups -OCH3 is 2. The zero-order chi connectivity index (χ0) is 22.5. The number of ether oxygens (including phenoxy) is 3. The molecule has 0 bridgehead atoms. The molecule has 1 fully saturated rings. The van der Waals surface area contributed by atoms with Crippen LogP contribution in [-0.2, 0) is 7.05 Å². The first-order valence-corrected chi connectivity index (χ1v) is 10.6. The molecule has 0 atom stereocenters. The maximum Gasteiger partial charge on any atom is 0.269 e. The van der Waals surface area contributed by atoms with Crippen LogP contribution in [0.25, 0.3) is 11.3 Å². The van der Waals surface area contributed by atoms with Gasteiger partial charge in [-0.2, -0.15) is 5.10 Å². The van der Waals surface area contributed by atoms with Crippen LogP contribution in [0.3, 0.4) is 0 Å². The summed E-state index contributed by atoms with van der Waals surface area (Å²) in [6.45, 7) is 0. The van der Waals surface area contributed by atoms with Crippen LogP contribution in [0.4, 0.5) is 0 Å². The Balaban J connectivity index is 1.39. The highest BCUT2D eigenvalue weighted by molar-refractivity contribution is 5.94. The number of benzene rings is 1. The SMILES string of the molecule is COc1ccc(OC)c(-c2cc(C(=O)NC3CCC(Oc4cnccn4)CC3)n(C)n2)c1. The molecule has 32 heavy (non-hydrogen) atoms. The summed E-state index contributed by atoms with van der Waals surface area (Å²) in [5.41, 5.74) is 1.90. The normalized spacial score (nSPS) is 18.1. The van der Waals surface area contributed by atoms with Crippen LogP contribution in [0.2, 0.25) is 0 Å². The fraction of sp³-hybridized carbons (Fsp3) is 0.391. The van der Waals surface area contributed by atoms with Crippen molar-refractivity contribution in [3.8, 4) is 28.6 Å². The molecule has 1 aliphatic carbocycles. The maximum atomic E-state index is 13.0. The highest BCUT2D eigenvalue weighted by atomic mass is 16.5. The van der Waals surface area contributed by atoms with Crippen LogP contribution >= 0.6 is 0 Å². The van der Waals surface area contributed by atoms with Gasteiger partial charge in [0.1, 0.15) is 23.3 Å². The molecular weight excluding hydrogens is 410 g/mol. The Kier molecular flexibility index (Phi) is 6.53. The summed E-state index contributed by atoms with van der Waals surface area (Å²) < 4.78 is 18.2. The molecule has 4 rings (SSSR count). The lowest BCUT2D eigenvalue weighted by molar-refractivity contribution is 0.0880. The monoisotopic (exact) mass is 437 g/mol. The predicted octanol–water partition coefficient (Wildman–Crippen LogP) is 3.01. The molecule has 9 heteroatoms. The average molecular weight is 438 g/mol. The van der Waals surface area contributed by atoms with Gasteiger partial charge in [0.25, 0.3) is 5.91 Å². The molecule has 2 aromatic heterocycles. The second kappa shape index (κ2) is 9.67. The molecule has 0 spiro atoms. The van der Waals surface area contributed by atoms with Gasteiger partial charge in [0.15, 0.2) is 0 Å². The van der Waals surface area contributed by atoms with E-state index >= 15 is 0 Å². The molecule has 0 saturated heterocycles. The van der Waals surface area contributed by atoms with Crippen molar-refractivity contribution in [3.05, 3.63) is 48.5 Å². The van der Waals surface area contributed by atoms with E-state index in [9.17, 15) is 4.79 Å². The van der Waals surface area contributed by atoms with Crippen LogP contribution in [0.15, 0.2) is 42.9 Å². The number of rotatable bonds is 7. The zero-order valence-corrected chi connectivity index (χ0v) is 18.4. The predicted molar refractivity (Wildman–Crippen MR) is 118 cm³/mol. The van der Waals surface area contributed by atoms with Crippen molar-refractivity contribution >= 4 is 5.91 Å². The molecule has 0 unspecified atom stereocenters. The van der Waals surface area contributed by atoms with E-state index in [0.29, 0.717) is 28.8 Å². The Labute approximate surface area is 186 Å². The lowest BCUT2D eigenvalue weighted by Crippen LogP contribution is -2.40. The third-order valence-corrected chi connectivity index (χ3v) is 5.63. The van der Waals surface area contributed by atoms with Crippen molar-refractivity contribution in [2.45, 2.75) is 37.8 Å². The summed E-state index contributed by atoms with van der Waals surface area (Å²) in [6.07, 6.45) is 8.31. The van der Waals surface area contributed by atoms with Gasteiger partial charge >= 0.3 is 0 Å². The number of hydrogen-bond donors (Lipinski definition) is 1. The van der Waals surface area contributed by atoms with Gasteiger partial charge in [0, 0.05) is 31.0 Å². The van der Waals surface area contributed by atoms with Gasteiger partial charge in [0.05, 0.1) is 26.1 Å². The minimum Gasteiger partial charge on any atom is -0.497 e. The molecule has 1 aromatic carbocycles. The van der Waals surface area contributed by atoms with Crippen LogP contribution in [0.1, 0.15) is 36.2 Å². The Morgan fingerprint density at radius 2 is 1.91 bits per heavy atom. The Bertz CT molecular complexity index is 1060. The molecular formula is C23H27N5O4. The molecule has 0 aliphatic heterocycles. The summed E-state index contributed by atoms with van der Waals surface area (Å²) in [5, 5.41) is 7.66. The molecule has 168 valence electrons. The molecule has 1 N–H and O–H groups in total. The van der Waals surface area contributed by atoms with Crippen molar-refractivity contribution in [1.82, 2.24) is 25.1 Å².